The normalized spacial score (nSPS) is 23.3. The SMILES string of the molecule is C[N+](C)(CCl)C1C=CC1.[Cl-]. The number of hydrogen-bond acceptors (Lipinski definition) is 0. The van der Waals surface area contributed by atoms with Crippen LogP contribution in [-0.2, 0) is 0 Å². The van der Waals surface area contributed by atoms with Crippen LogP contribution in [-0.4, -0.2) is 30.6 Å². The van der Waals surface area contributed by atoms with Crippen molar-refractivity contribution in [1.29, 1.82) is 0 Å². The van der Waals surface area contributed by atoms with Gasteiger partial charge in [0, 0.05) is 6.42 Å². The van der Waals surface area contributed by atoms with Crippen LogP contribution in [0.5, 0.6) is 0 Å². The quantitative estimate of drug-likeness (QED) is 0.213. The van der Waals surface area contributed by atoms with E-state index in [1.54, 1.807) is 0 Å². The summed E-state index contributed by atoms with van der Waals surface area (Å²) in [5.41, 5.74) is 0. The molecule has 3 heteroatoms. The Kier molecular flexibility index (Phi) is 3.71. The van der Waals surface area contributed by atoms with Gasteiger partial charge in [0.25, 0.3) is 0 Å². The molecule has 0 aromatic rings. The molecule has 0 saturated heterocycles. The molecule has 0 saturated carbocycles. The van der Waals surface area contributed by atoms with Crippen molar-refractivity contribution in [3.05, 3.63) is 12.2 Å². The van der Waals surface area contributed by atoms with Crippen molar-refractivity contribution < 1.29 is 16.9 Å². The van der Waals surface area contributed by atoms with Gasteiger partial charge in [0.1, 0.15) is 6.04 Å². The Bertz CT molecular complexity index is 132. The second-order valence-electron chi connectivity index (χ2n) is 3.13. The third kappa shape index (κ3) is 1.88. The van der Waals surface area contributed by atoms with E-state index in [-0.39, 0.29) is 12.4 Å². The molecule has 1 nitrogen and oxygen atoms in total. The Morgan fingerprint density at radius 1 is 1.60 bits per heavy atom. The van der Waals surface area contributed by atoms with Crippen molar-refractivity contribution in [2.75, 3.05) is 20.1 Å². The largest absolute Gasteiger partial charge is 1.00 e. The van der Waals surface area contributed by atoms with Gasteiger partial charge in [-0.05, 0) is 6.08 Å². The van der Waals surface area contributed by atoms with E-state index >= 15 is 0 Å². The molecular formula is C7H13Cl2N. The highest BCUT2D eigenvalue weighted by atomic mass is 35.5. The summed E-state index contributed by atoms with van der Waals surface area (Å²) in [6, 6.07) is 1.37. The third-order valence-electron chi connectivity index (χ3n) is 1.94. The standard InChI is InChI=1S/C7H13ClN.ClH/c1-9(2,6-8)7-4-3-5-7;/h3-4,7H,5-6H2,1-2H3;1H/q+1;/p-1. The van der Waals surface area contributed by atoms with Crippen molar-refractivity contribution in [3.8, 4) is 0 Å². The Morgan fingerprint density at radius 2 is 2.10 bits per heavy atom. The van der Waals surface area contributed by atoms with E-state index in [0.717, 1.165) is 4.48 Å². The van der Waals surface area contributed by atoms with Crippen LogP contribution in [0.3, 0.4) is 0 Å². The highest BCUT2D eigenvalue weighted by Gasteiger charge is 2.27. The number of hydrogen-bond donors (Lipinski definition) is 0. The van der Waals surface area contributed by atoms with Crippen LogP contribution in [0.4, 0.5) is 0 Å². The van der Waals surface area contributed by atoms with Crippen molar-refractivity contribution >= 4 is 11.6 Å². The maximum absolute atomic E-state index is 5.74. The fourth-order valence-corrected chi connectivity index (χ4v) is 1.04. The van der Waals surface area contributed by atoms with Crippen LogP contribution in [0.2, 0.25) is 0 Å². The van der Waals surface area contributed by atoms with Crippen LogP contribution >= 0.6 is 11.6 Å². The summed E-state index contributed by atoms with van der Waals surface area (Å²) < 4.78 is 0.915. The highest BCUT2D eigenvalue weighted by molar-refractivity contribution is 6.16. The molecule has 1 aliphatic rings. The predicted molar refractivity (Wildman–Crippen MR) is 40.4 cm³/mol. The van der Waals surface area contributed by atoms with Crippen molar-refractivity contribution in [1.82, 2.24) is 0 Å². The number of likely N-dealkylation sites (N-methyl/N-ethyl adjacent to an activating group) is 1. The maximum Gasteiger partial charge on any atom is 0.154 e. The first-order chi connectivity index (χ1) is 4.17. The van der Waals surface area contributed by atoms with Crippen LogP contribution in [0, 0.1) is 0 Å². The average Bonchev–Trinajstić information content (AvgIpc) is 1.60. The molecule has 10 heavy (non-hydrogen) atoms. The van der Waals surface area contributed by atoms with Crippen LogP contribution in [0.15, 0.2) is 12.2 Å². The number of halogens is 2. The van der Waals surface area contributed by atoms with E-state index in [4.69, 9.17) is 11.6 Å². The van der Waals surface area contributed by atoms with Gasteiger partial charge >= 0.3 is 0 Å². The number of nitrogens with zero attached hydrogens (tertiary/aromatic N) is 1. The zero-order chi connectivity index (χ0) is 6.91. The molecule has 1 rings (SSSR count). The molecular weight excluding hydrogens is 169 g/mol. The Hall–Kier alpha value is 0.280. The second kappa shape index (κ2) is 3.61. The maximum atomic E-state index is 5.74. The first-order valence-electron chi connectivity index (χ1n) is 3.22. The molecule has 1 atom stereocenters. The lowest BCUT2D eigenvalue weighted by molar-refractivity contribution is -0.899. The minimum atomic E-state index is 0. The molecule has 1 aliphatic carbocycles. The fourth-order valence-electron chi connectivity index (χ4n) is 0.865. The summed E-state index contributed by atoms with van der Waals surface area (Å²) in [4.78, 5) is 0. The molecule has 0 aromatic heterocycles. The molecule has 0 radical (unpaired) electrons. The fraction of sp³-hybridized carbons (Fsp3) is 0.714. The molecule has 60 valence electrons. The lowest BCUT2D eigenvalue weighted by Crippen LogP contribution is -3.00. The van der Waals surface area contributed by atoms with E-state index in [1.165, 1.54) is 6.42 Å². The van der Waals surface area contributed by atoms with Gasteiger partial charge in [-0.1, -0.05) is 17.7 Å². The van der Waals surface area contributed by atoms with Gasteiger partial charge in [-0.25, -0.2) is 0 Å². The average molecular weight is 182 g/mol. The molecule has 0 fully saturated rings. The lowest BCUT2D eigenvalue weighted by Gasteiger charge is -2.37. The summed E-state index contributed by atoms with van der Waals surface area (Å²) in [7, 11) is 4.31. The molecule has 0 spiro atoms. The van der Waals surface area contributed by atoms with Gasteiger partial charge in [0.15, 0.2) is 6.00 Å². The van der Waals surface area contributed by atoms with Crippen LogP contribution in [0.1, 0.15) is 6.42 Å². The van der Waals surface area contributed by atoms with Crippen molar-refractivity contribution in [2.45, 2.75) is 12.5 Å². The van der Waals surface area contributed by atoms with Crippen LogP contribution in [0.25, 0.3) is 0 Å². The zero-order valence-corrected chi connectivity index (χ0v) is 7.86. The van der Waals surface area contributed by atoms with Gasteiger partial charge in [0.05, 0.1) is 14.1 Å². The predicted octanol–water partition coefficient (Wildman–Crippen LogP) is -1.41. The molecule has 0 bridgehead atoms. The van der Waals surface area contributed by atoms with Crippen LogP contribution < -0.4 is 12.4 Å². The third-order valence-corrected chi connectivity index (χ3v) is 2.56. The molecule has 0 aromatic carbocycles. The molecule has 0 amide bonds. The molecule has 0 N–H and O–H groups in total. The van der Waals surface area contributed by atoms with Gasteiger partial charge in [0.2, 0.25) is 0 Å². The van der Waals surface area contributed by atoms with Crippen molar-refractivity contribution in [3.63, 3.8) is 0 Å². The molecule has 1 unspecified atom stereocenters. The zero-order valence-electron chi connectivity index (χ0n) is 6.35. The van der Waals surface area contributed by atoms with E-state index < -0.39 is 0 Å². The topological polar surface area (TPSA) is 0 Å². The Morgan fingerprint density at radius 3 is 2.20 bits per heavy atom. The number of alkyl halides is 1. The first-order valence-corrected chi connectivity index (χ1v) is 3.75. The van der Waals surface area contributed by atoms with Gasteiger partial charge in [-0.3, -0.25) is 0 Å². The van der Waals surface area contributed by atoms with E-state index in [2.05, 4.69) is 26.2 Å². The summed E-state index contributed by atoms with van der Waals surface area (Å²) in [5, 5.41) is 0. The molecule has 0 aliphatic heterocycles. The second-order valence-corrected chi connectivity index (χ2v) is 3.37. The van der Waals surface area contributed by atoms with Crippen molar-refractivity contribution in [2.24, 2.45) is 0 Å². The monoisotopic (exact) mass is 181 g/mol. The van der Waals surface area contributed by atoms with E-state index in [1.807, 2.05) is 0 Å². The minimum absolute atomic E-state index is 0. The van der Waals surface area contributed by atoms with Gasteiger partial charge in [-0.15, -0.1) is 0 Å². The minimum Gasteiger partial charge on any atom is -1.00 e. The lowest BCUT2D eigenvalue weighted by atomic mass is 10.0. The summed E-state index contributed by atoms with van der Waals surface area (Å²) in [6.45, 7) is 0. The number of quaternary nitrogens is 1. The Balaban J connectivity index is 0.000000810. The summed E-state index contributed by atoms with van der Waals surface area (Å²) in [6.07, 6.45) is 5.61. The smallest absolute Gasteiger partial charge is 0.154 e. The molecule has 0 heterocycles. The Labute approximate surface area is 73.7 Å². The first kappa shape index (κ1) is 10.3. The highest BCUT2D eigenvalue weighted by Crippen LogP contribution is 2.20. The van der Waals surface area contributed by atoms with E-state index in [0.29, 0.717) is 12.0 Å². The summed E-state index contributed by atoms with van der Waals surface area (Å²) in [5.74, 6) is 0. The number of rotatable bonds is 2. The van der Waals surface area contributed by atoms with Gasteiger partial charge in [-0.2, -0.15) is 0 Å². The summed E-state index contributed by atoms with van der Waals surface area (Å²) >= 11 is 5.74. The van der Waals surface area contributed by atoms with Gasteiger partial charge < -0.3 is 16.9 Å². The van der Waals surface area contributed by atoms with E-state index in [9.17, 15) is 0 Å².